The summed E-state index contributed by atoms with van der Waals surface area (Å²) in [6, 6.07) is 6.92. The zero-order valence-electron chi connectivity index (χ0n) is 11.6. The SMILES string of the molecule is Fc1cc(-c2ccnc(NC3CCCCC3)n2)ccc1Cl. The predicted molar refractivity (Wildman–Crippen MR) is 82.9 cm³/mol. The van der Waals surface area contributed by atoms with Crippen LogP contribution >= 0.6 is 11.6 Å². The second-order valence-corrected chi connectivity index (χ2v) is 5.78. The highest BCUT2D eigenvalue weighted by Crippen LogP contribution is 2.24. The Balaban J connectivity index is 1.80. The molecule has 0 amide bonds. The van der Waals surface area contributed by atoms with Gasteiger partial charge in [0.05, 0.1) is 10.7 Å². The van der Waals surface area contributed by atoms with Crippen LogP contribution in [-0.4, -0.2) is 16.0 Å². The van der Waals surface area contributed by atoms with Crippen molar-refractivity contribution in [1.82, 2.24) is 9.97 Å². The number of rotatable bonds is 3. The Morgan fingerprint density at radius 3 is 2.71 bits per heavy atom. The molecule has 3 rings (SSSR count). The Morgan fingerprint density at radius 1 is 1.14 bits per heavy atom. The molecular formula is C16H17ClFN3. The molecule has 1 aliphatic rings. The van der Waals surface area contributed by atoms with Gasteiger partial charge in [-0.1, -0.05) is 36.9 Å². The molecule has 1 heterocycles. The number of halogens is 2. The third-order valence-electron chi connectivity index (χ3n) is 3.81. The zero-order chi connectivity index (χ0) is 14.7. The van der Waals surface area contributed by atoms with Crippen LogP contribution in [0.25, 0.3) is 11.3 Å². The van der Waals surface area contributed by atoms with Crippen molar-refractivity contribution in [3.05, 3.63) is 41.3 Å². The molecule has 0 bridgehead atoms. The number of nitrogens with zero attached hydrogens (tertiary/aromatic N) is 2. The van der Waals surface area contributed by atoms with Crippen molar-refractivity contribution in [1.29, 1.82) is 0 Å². The van der Waals surface area contributed by atoms with Crippen LogP contribution in [-0.2, 0) is 0 Å². The first-order valence-electron chi connectivity index (χ1n) is 7.27. The third-order valence-corrected chi connectivity index (χ3v) is 4.12. The average Bonchev–Trinajstić information content (AvgIpc) is 2.51. The van der Waals surface area contributed by atoms with E-state index in [-0.39, 0.29) is 5.02 Å². The van der Waals surface area contributed by atoms with Crippen molar-refractivity contribution in [3.8, 4) is 11.3 Å². The zero-order valence-corrected chi connectivity index (χ0v) is 12.4. The number of nitrogens with one attached hydrogen (secondary N) is 1. The standard InChI is InChI=1S/C16H17ClFN3/c17-13-7-6-11(10-14(13)18)15-8-9-19-16(21-15)20-12-4-2-1-3-5-12/h6-10,12H,1-5H2,(H,19,20,21). The summed E-state index contributed by atoms with van der Waals surface area (Å²) in [7, 11) is 0. The van der Waals surface area contributed by atoms with Crippen molar-refractivity contribution in [2.24, 2.45) is 0 Å². The van der Waals surface area contributed by atoms with Gasteiger partial charge in [0.25, 0.3) is 0 Å². The first-order chi connectivity index (χ1) is 10.2. The molecule has 0 radical (unpaired) electrons. The maximum Gasteiger partial charge on any atom is 0.223 e. The van der Waals surface area contributed by atoms with Gasteiger partial charge < -0.3 is 5.32 Å². The molecule has 0 atom stereocenters. The highest BCUT2D eigenvalue weighted by atomic mass is 35.5. The average molecular weight is 306 g/mol. The van der Waals surface area contributed by atoms with Crippen LogP contribution in [0.4, 0.5) is 10.3 Å². The van der Waals surface area contributed by atoms with Gasteiger partial charge in [-0.2, -0.15) is 0 Å². The van der Waals surface area contributed by atoms with Gasteiger partial charge in [0.2, 0.25) is 5.95 Å². The van der Waals surface area contributed by atoms with E-state index in [0.717, 1.165) is 12.8 Å². The molecule has 1 aromatic carbocycles. The highest BCUT2D eigenvalue weighted by Gasteiger charge is 2.14. The molecule has 1 fully saturated rings. The Hall–Kier alpha value is -1.68. The number of hydrogen-bond acceptors (Lipinski definition) is 3. The predicted octanol–water partition coefficient (Wildman–Crippen LogP) is 4.68. The minimum atomic E-state index is -0.436. The number of hydrogen-bond donors (Lipinski definition) is 1. The Bertz CT molecular complexity index is 627. The molecule has 110 valence electrons. The van der Waals surface area contributed by atoms with Crippen LogP contribution in [0.2, 0.25) is 5.02 Å². The lowest BCUT2D eigenvalue weighted by molar-refractivity contribution is 0.461. The van der Waals surface area contributed by atoms with Crippen molar-refractivity contribution in [2.45, 2.75) is 38.1 Å². The van der Waals surface area contributed by atoms with Crippen molar-refractivity contribution >= 4 is 17.5 Å². The third kappa shape index (κ3) is 3.50. The Labute approximate surface area is 128 Å². The minimum absolute atomic E-state index is 0.119. The summed E-state index contributed by atoms with van der Waals surface area (Å²) in [6.45, 7) is 0. The first-order valence-corrected chi connectivity index (χ1v) is 7.65. The summed E-state index contributed by atoms with van der Waals surface area (Å²) < 4.78 is 13.5. The smallest absolute Gasteiger partial charge is 0.223 e. The number of benzene rings is 1. The summed E-state index contributed by atoms with van der Waals surface area (Å²) in [5, 5.41) is 3.49. The fraction of sp³-hybridized carbons (Fsp3) is 0.375. The summed E-state index contributed by atoms with van der Waals surface area (Å²) in [6.07, 6.45) is 7.81. The van der Waals surface area contributed by atoms with Crippen LogP contribution in [0.1, 0.15) is 32.1 Å². The fourth-order valence-corrected chi connectivity index (χ4v) is 2.79. The molecule has 0 aliphatic heterocycles. The van der Waals surface area contributed by atoms with Gasteiger partial charge in [0, 0.05) is 17.8 Å². The van der Waals surface area contributed by atoms with Crippen molar-refractivity contribution in [3.63, 3.8) is 0 Å². The van der Waals surface area contributed by atoms with Crippen LogP contribution in [0.5, 0.6) is 0 Å². The van der Waals surface area contributed by atoms with Crippen molar-refractivity contribution < 1.29 is 4.39 Å². The molecule has 5 heteroatoms. The summed E-state index contributed by atoms with van der Waals surface area (Å²) in [5.41, 5.74) is 1.39. The van der Waals surface area contributed by atoms with Gasteiger partial charge in [-0.3, -0.25) is 0 Å². The molecule has 3 nitrogen and oxygen atoms in total. The normalized spacial score (nSPS) is 15.9. The van der Waals surface area contributed by atoms with Gasteiger partial charge in [-0.15, -0.1) is 0 Å². The van der Waals surface area contributed by atoms with E-state index in [4.69, 9.17) is 11.6 Å². The number of anilines is 1. The molecular weight excluding hydrogens is 289 g/mol. The Morgan fingerprint density at radius 2 is 1.95 bits per heavy atom. The lowest BCUT2D eigenvalue weighted by Gasteiger charge is -2.22. The second kappa shape index (κ2) is 6.39. The van der Waals surface area contributed by atoms with Gasteiger partial charge in [-0.25, -0.2) is 14.4 Å². The first kappa shape index (κ1) is 14.3. The lowest BCUT2D eigenvalue weighted by Crippen LogP contribution is -2.23. The van der Waals surface area contributed by atoms with E-state index in [0.29, 0.717) is 23.2 Å². The minimum Gasteiger partial charge on any atom is -0.351 e. The second-order valence-electron chi connectivity index (χ2n) is 5.37. The van der Waals surface area contributed by atoms with Gasteiger partial charge in [0.15, 0.2) is 0 Å². The topological polar surface area (TPSA) is 37.8 Å². The van der Waals surface area contributed by atoms with Crippen LogP contribution in [0.15, 0.2) is 30.5 Å². The maximum atomic E-state index is 13.5. The summed E-state index contributed by atoms with van der Waals surface area (Å²) >= 11 is 5.71. The van der Waals surface area contributed by atoms with Gasteiger partial charge in [-0.05, 0) is 31.0 Å². The van der Waals surface area contributed by atoms with Crippen LogP contribution < -0.4 is 5.32 Å². The molecule has 1 aromatic heterocycles. The van der Waals surface area contributed by atoms with E-state index in [1.54, 1.807) is 24.4 Å². The van der Waals surface area contributed by atoms with Crippen molar-refractivity contribution in [2.75, 3.05) is 5.32 Å². The molecule has 0 saturated heterocycles. The quantitative estimate of drug-likeness (QED) is 0.894. The molecule has 21 heavy (non-hydrogen) atoms. The lowest BCUT2D eigenvalue weighted by atomic mass is 9.96. The van der Waals surface area contributed by atoms with Gasteiger partial charge >= 0.3 is 0 Å². The van der Waals surface area contributed by atoms with Crippen LogP contribution in [0, 0.1) is 5.82 Å². The molecule has 1 saturated carbocycles. The molecule has 0 unspecified atom stereocenters. The monoisotopic (exact) mass is 305 g/mol. The van der Waals surface area contributed by atoms with Gasteiger partial charge in [0.1, 0.15) is 5.82 Å². The molecule has 1 N–H and O–H groups in total. The van der Waals surface area contributed by atoms with E-state index < -0.39 is 5.82 Å². The number of aromatic nitrogens is 2. The Kier molecular flexibility index (Phi) is 4.34. The van der Waals surface area contributed by atoms with Crippen LogP contribution in [0.3, 0.4) is 0 Å². The molecule has 1 aliphatic carbocycles. The summed E-state index contributed by atoms with van der Waals surface area (Å²) in [5.74, 6) is 0.171. The maximum absolute atomic E-state index is 13.5. The fourth-order valence-electron chi connectivity index (χ4n) is 2.67. The highest BCUT2D eigenvalue weighted by molar-refractivity contribution is 6.30. The van der Waals surface area contributed by atoms with E-state index in [2.05, 4.69) is 15.3 Å². The summed E-state index contributed by atoms with van der Waals surface area (Å²) in [4.78, 5) is 8.73. The van der Waals surface area contributed by atoms with E-state index in [9.17, 15) is 4.39 Å². The van der Waals surface area contributed by atoms with E-state index >= 15 is 0 Å². The largest absolute Gasteiger partial charge is 0.351 e. The van der Waals surface area contributed by atoms with E-state index in [1.807, 2.05) is 0 Å². The van der Waals surface area contributed by atoms with E-state index in [1.165, 1.54) is 25.3 Å². The molecule has 0 spiro atoms. The molecule has 2 aromatic rings.